The van der Waals surface area contributed by atoms with E-state index in [0.717, 1.165) is 77.1 Å². The summed E-state index contributed by atoms with van der Waals surface area (Å²) in [5.41, 5.74) is 10.0. The molecular formula is C45H28N4O. The van der Waals surface area contributed by atoms with Crippen molar-refractivity contribution in [1.29, 1.82) is 0 Å². The quantitative estimate of drug-likeness (QED) is 0.188. The first-order valence-electron chi connectivity index (χ1n) is 16.7. The molecule has 0 bridgehead atoms. The van der Waals surface area contributed by atoms with Crippen LogP contribution >= 0.6 is 0 Å². The number of rotatable bonds is 5. The number of hydrogen-bond acceptors (Lipinski definition) is 4. The zero-order chi connectivity index (χ0) is 33.0. The molecule has 3 aromatic heterocycles. The number of aromatic nitrogens is 4. The van der Waals surface area contributed by atoms with Gasteiger partial charge in [0.15, 0.2) is 11.6 Å². The van der Waals surface area contributed by atoms with Crippen molar-refractivity contribution < 1.29 is 4.42 Å². The number of benzene rings is 7. The smallest absolute Gasteiger partial charge is 0.238 e. The lowest BCUT2D eigenvalue weighted by Gasteiger charge is -2.13. The first-order chi connectivity index (χ1) is 24.8. The van der Waals surface area contributed by atoms with Crippen LogP contribution in [0.25, 0.3) is 94.7 Å². The average Bonchev–Trinajstić information content (AvgIpc) is 3.74. The Hall–Kier alpha value is -6.85. The Balaban J connectivity index is 1.23. The maximum atomic E-state index is 6.50. The highest BCUT2D eigenvalue weighted by molar-refractivity contribution is 6.14. The minimum atomic E-state index is 0.555. The molecule has 10 aromatic rings. The second kappa shape index (κ2) is 11.4. The maximum Gasteiger partial charge on any atom is 0.238 e. The molecule has 0 saturated heterocycles. The highest BCUT2D eigenvalue weighted by atomic mass is 16.3. The fraction of sp³-hybridized carbons (Fsp3) is 0. The van der Waals surface area contributed by atoms with Gasteiger partial charge < -0.3 is 4.42 Å². The van der Waals surface area contributed by atoms with Gasteiger partial charge in [-0.3, -0.25) is 4.57 Å². The molecule has 5 nitrogen and oxygen atoms in total. The molecule has 0 aliphatic carbocycles. The van der Waals surface area contributed by atoms with Gasteiger partial charge in [-0.05, 0) is 41.0 Å². The Morgan fingerprint density at radius 3 is 1.76 bits per heavy atom. The minimum Gasteiger partial charge on any atom is -0.456 e. The van der Waals surface area contributed by atoms with Crippen LogP contribution in [-0.4, -0.2) is 19.5 Å². The average molecular weight is 641 g/mol. The van der Waals surface area contributed by atoms with Gasteiger partial charge in [0.2, 0.25) is 5.95 Å². The van der Waals surface area contributed by atoms with Crippen LogP contribution in [0.5, 0.6) is 0 Å². The Kier molecular flexibility index (Phi) is 6.42. The summed E-state index contributed by atoms with van der Waals surface area (Å²) in [5.74, 6) is 1.73. The lowest BCUT2D eigenvalue weighted by atomic mass is 9.99. The Labute approximate surface area is 287 Å². The Morgan fingerprint density at radius 1 is 0.400 bits per heavy atom. The van der Waals surface area contributed by atoms with E-state index in [2.05, 4.69) is 120 Å². The highest BCUT2D eigenvalue weighted by Gasteiger charge is 2.21. The fourth-order valence-corrected chi connectivity index (χ4v) is 7.21. The Bertz CT molecular complexity index is 2860. The van der Waals surface area contributed by atoms with Crippen molar-refractivity contribution in [2.75, 3.05) is 0 Å². The van der Waals surface area contributed by atoms with Gasteiger partial charge in [0, 0.05) is 38.2 Å². The molecule has 0 unspecified atom stereocenters. The third kappa shape index (κ3) is 4.52. The summed E-state index contributed by atoms with van der Waals surface area (Å²) in [6.45, 7) is 0. The number of hydrogen-bond donors (Lipinski definition) is 0. The summed E-state index contributed by atoms with van der Waals surface area (Å²) in [6.07, 6.45) is 0. The zero-order valence-electron chi connectivity index (χ0n) is 26.9. The van der Waals surface area contributed by atoms with E-state index in [4.69, 9.17) is 19.4 Å². The van der Waals surface area contributed by atoms with Crippen LogP contribution in [0.4, 0.5) is 0 Å². The molecule has 0 radical (unpaired) electrons. The second-order valence-electron chi connectivity index (χ2n) is 12.4. The van der Waals surface area contributed by atoms with E-state index in [0.29, 0.717) is 17.6 Å². The van der Waals surface area contributed by atoms with Crippen LogP contribution in [-0.2, 0) is 0 Å². The van der Waals surface area contributed by atoms with Gasteiger partial charge in [-0.2, -0.15) is 9.97 Å². The molecule has 0 aliphatic heterocycles. The predicted octanol–water partition coefficient (Wildman–Crippen LogP) is 11.5. The lowest BCUT2D eigenvalue weighted by Crippen LogP contribution is -2.07. The van der Waals surface area contributed by atoms with Crippen molar-refractivity contribution in [3.8, 4) is 51.0 Å². The first-order valence-corrected chi connectivity index (χ1v) is 16.7. The predicted molar refractivity (Wildman–Crippen MR) is 203 cm³/mol. The van der Waals surface area contributed by atoms with E-state index in [-0.39, 0.29) is 0 Å². The largest absolute Gasteiger partial charge is 0.456 e. The summed E-state index contributed by atoms with van der Waals surface area (Å²) < 4.78 is 8.69. The second-order valence-corrected chi connectivity index (χ2v) is 12.4. The molecule has 0 spiro atoms. The molecule has 0 N–H and O–H groups in total. The molecule has 10 rings (SSSR count). The lowest BCUT2D eigenvalue weighted by molar-refractivity contribution is 0.669. The number of furan rings is 1. The monoisotopic (exact) mass is 640 g/mol. The van der Waals surface area contributed by atoms with E-state index >= 15 is 0 Å². The van der Waals surface area contributed by atoms with E-state index in [1.165, 1.54) is 0 Å². The third-order valence-electron chi connectivity index (χ3n) is 9.48. The van der Waals surface area contributed by atoms with E-state index < -0.39 is 0 Å². The van der Waals surface area contributed by atoms with Crippen molar-refractivity contribution in [2.45, 2.75) is 0 Å². The maximum absolute atomic E-state index is 6.50. The molecule has 0 amide bonds. The van der Waals surface area contributed by atoms with Gasteiger partial charge in [-0.15, -0.1) is 0 Å². The SMILES string of the molecule is c1ccc(-c2nc(-c3ccc4c(c3)oc3cccc(-c5ccccc5)c34)nc(-n3c4ccccc4c4cccc(-c5ccccc5)c43)n2)cc1. The van der Waals surface area contributed by atoms with Crippen molar-refractivity contribution in [1.82, 2.24) is 19.5 Å². The topological polar surface area (TPSA) is 56.7 Å². The molecule has 234 valence electrons. The Morgan fingerprint density at radius 2 is 1.00 bits per heavy atom. The van der Waals surface area contributed by atoms with Gasteiger partial charge in [-0.25, -0.2) is 4.98 Å². The zero-order valence-corrected chi connectivity index (χ0v) is 26.9. The molecule has 0 saturated carbocycles. The standard InChI is InChI=1S/C45H28N4O/c1-4-14-29(15-5-1)33-21-13-25-39-41(33)37-27-26-32(28-40(37)50-39)44-46-43(31-18-8-3-9-19-31)47-45(48-44)49-38-24-11-10-20-35(38)36-23-12-22-34(42(36)49)30-16-6-2-7-17-30/h1-28H. The van der Waals surface area contributed by atoms with Crippen LogP contribution < -0.4 is 0 Å². The van der Waals surface area contributed by atoms with Crippen LogP contribution in [0.2, 0.25) is 0 Å². The van der Waals surface area contributed by atoms with E-state index in [1.54, 1.807) is 0 Å². The van der Waals surface area contributed by atoms with Crippen LogP contribution in [0.15, 0.2) is 174 Å². The molecule has 0 aliphatic rings. The summed E-state index contributed by atoms with van der Waals surface area (Å²) in [5, 5.41) is 4.43. The fourth-order valence-electron chi connectivity index (χ4n) is 7.21. The summed E-state index contributed by atoms with van der Waals surface area (Å²) in [4.78, 5) is 15.5. The molecule has 0 fully saturated rings. The number of para-hydroxylation sites is 2. The van der Waals surface area contributed by atoms with E-state index in [9.17, 15) is 0 Å². The van der Waals surface area contributed by atoms with Crippen molar-refractivity contribution in [2.24, 2.45) is 0 Å². The molecule has 50 heavy (non-hydrogen) atoms. The summed E-state index contributed by atoms with van der Waals surface area (Å²) >= 11 is 0. The summed E-state index contributed by atoms with van der Waals surface area (Å²) in [6, 6.07) is 58.5. The van der Waals surface area contributed by atoms with Gasteiger partial charge in [0.25, 0.3) is 0 Å². The number of nitrogens with zero attached hydrogens (tertiary/aromatic N) is 4. The van der Waals surface area contributed by atoms with Gasteiger partial charge >= 0.3 is 0 Å². The molecule has 7 aromatic carbocycles. The molecule has 5 heteroatoms. The van der Waals surface area contributed by atoms with Gasteiger partial charge in [-0.1, -0.05) is 146 Å². The minimum absolute atomic E-state index is 0.555. The van der Waals surface area contributed by atoms with Crippen molar-refractivity contribution >= 4 is 43.7 Å². The molecule has 0 atom stereocenters. The number of fused-ring (bicyclic) bond motifs is 6. The first kappa shape index (κ1) is 28.2. The van der Waals surface area contributed by atoms with Crippen LogP contribution in [0.3, 0.4) is 0 Å². The third-order valence-corrected chi connectivity index (χ3v) is 9.48. The van der Waals surface area contributed by atoms with Gasteiger partial charge in [0.1, 0.15) is 11.2 Å². The highest BCUT2D eigenvalue weighted by Crippen LogP contribution is 2.40. The summed E-state index contributed by atoms with van der Waals surface area (Å²) in [7, 11) is 0. The van der Waals surface area contributed by atoms with Crippen LogP contribution in [0, 0.1) is 0 Å². The van der Waals surface area contributed by atoms with Crippen molar-refractivity contribution in [3.63, 3.8) is 0 Å². The van der Waals surface area contributed by atoms with Gasteiger partial charge in [0.05, 0.1) is 11.0 Å². The normalized spacial score (nSPS) is 11.6. The molecular weight excluding hydrogens is 613 g/mol. The molecule has 3 heterocycles. The van der Waals surface area contributed by atoms with Crippen LogP contribution in [0.1, 0.15) is 0 Å². The van der Waals surface area contributed by atoms with E-state index in [1.807, 2.05) is 54.6 Å². The van der Waals surface area contributed by atoms with Crippen molar-refractivity contribution in [3.05, 3.63) is 170 Å².